The van der Waals surface area contributed by atoms with Gasteiger partial charge in [-0.05, 0) is 11.5 Å². The van der Waals surface area contributed by atoms with Gasteiger partial charge < -0.3 is 14.4 Å². The van der Waals surface area contributed by atoms with Crippen LogP contribution in [0.2, 0.25) is 0 Å². The standard InChI is InChI=1S/C19H24N2O4S/c1-13(2)14-5-7-15(8-6-14)18-20-16(12-26-18)19(23)21(9-10-24-3)11-17(22)25-4/h5-8,12-13H,9-11H2,1-4H3. The van der Waals surface area contributed by atoms with Crippen LogP contribution in [0.25, 0.3) is 10.6 Å². The number of methoxy groups -OCH3 is 2. The molecule has 0 saturated heterocycles. The van der Waals surface area contributed by atoms with Gasteiger partial charge in [-0.2, -0.15) is 0 Å². The Labute approximate surface area is 157 Å². The molecule has 140 valence electrons. The van der Waals surface area contributed by atoms with Crippen molar-refractivity contribution in [2.24, 2.45) is 0 Å². The van der Waals surface area contributed by atoms with Gasteiger partial charge in [-0.3, -0.25) is 9.59 Å². The number of rotatable bonds is 8. The van der Waals surface area contributed by atoms with Gasteiger partial charge in [0.2, 0.25) is 0 Å². The van der Waals surface area contributed by atoms with Crippen LogP contribution in [0.15, 0.2) is 29.6 Å². The van der Waals surface area contributed by atoms with Crippen molar-refractivity contribution in [3.63, 3.8) is 0 Å². The van der Waals surface area contributed by atoms with Crippen LogP contribution in [0.3, 0.4) is 0 Å². The molecule has 0 unspecified atom stereocenters. The quantitative estimate of drug-likeness (QED) is 0.662. The molecular formula is C19H24N2O4S. The first-order chi connectivity index (χ1) is 12.5. The van der Waals surface area contributed by atoms with Crippen LogP contribution in [0.5, 0.6) is 0 Å². The maximum Gasteiger partial charge on any atom is 0.325 e. The minimum absolute atomic E-state index is 0.130. The molecule has 0 aliphatic heterocycles. The summed E-state index contributed by atoms with van der Waals surface area (Å²) in [6, 6.07) is 8.18. The molecule has 1 amide bonds. The fraction of sp³-hybridized carbons (Fsp3) is 0.421. The number of carbonyl (C=O) groups is 2. The Kier molecular flexibility index (Phi) is 7.29. The summed E-state index contributed by atoms with van der Waals surface area (Å²) in [6.07, 6.45) is 0. The van der Waals surface area contributed by atoms with Crippen molar-refractivity contribution in [3.8, 4) is 10.6 Å². The van der Waals surface area contributed by atoms with Gasteiger partial charge >= 0.3 is 5.97 Å². The van der Waals surface area contributed by atoms with E-state index in [1.165, 1.54) is 28.9 Å². The Morgan fingerprint density at radius 2 is 1.88 bits per heavy atom. The Morgan fingerprint density at radius 3 is 2.46 bits per heavy atom. The molecular weight excluding hydrogens is 352 g/mol. The molecule has 0 fully saturated rings. The third-order valence-corrected chi connectivity index (χ3v) is 4.84. The van der Waals surface area contributed by atoms with Gasteiger partial charge in [0.25, 0.3) is 5.91 Å². The summed E-state index contributed by atoms with van der Waals surface area (Å²) in [4.78, 5) is 30.1. The van der Waals surface area contributed by atoms with E-state index in [4.69, 9.17) is 4.74 Å². The molecule has 0 spiro atoms. The number of hydrogen-bond donors (Lipinski definition) is 0. The number of benzene rings is 1. The van der Waals surface area contributed by atoms with Crippen LogP contribution in [0.1, 0.15) is 35.8 Å². The number of amides is 1. The fourth-order valence-corrected chi connectivity index (χ4v) is 3.15. The van der Waals surface area contributed by atoms with Crippen molar-refractivity contribution >= 4 is 23.2 Å². The smallest absolute Gasteiger partial charge is 0.325 e. The third kappa shape index (κ3) is 5.12. The average molecular weight is 376 g/mol. The van der Waals surface area contributed by atoms with Crippen LogP contribution in [0, 0.1) is 0 Å². The molecule has 2 rings (SSSR count). The first-order valence-electron chi connectivity index (χ1n) is 8.37. The van der Waals surface area contributed by atoms with Crippen molar-refractivity contribution in [3.05, 3.63) is 40.9 Å². The molecule has 0 N–H and O–H groups in total. The van der Waals surface area contributed by atoms with Gasteiger partial charge in [-0.15, -0.1) is 11.3 Å². The Morgan fingerprint density at radius 1 is 1.19 bits per heavy atom. The van der Waals surface area contributed by atoms with E-state index in [2.05, 4.69) is 35.7 Å². The first-order valence-corrected chi connectivity index (χ1v) is 9.25. The van der Waals surface area contributed by atoms with Crippen LogP contribution in [0.4, 0.5) is 0 Å². The Balaban J connectivity index is 2.17. The molecule has 1 heterocycles. The largest absolute Gasteiger partial charge is 0.468 e. The number of aromatic nitrogens is 1. The average Bonchev–Trinajstić information content (AvgIpc) is 3.14. The van der Waals surface area contributed by atoms with Crippen molar-refractivity contribution in [2.45, 2.75) is 19.8 Å². The first kappa shape index (κ1) is 20.1. The van der Waals surface area contributed by atoms with E-state index in [1.807, 2.05) is 12.1 Å². The molecule has 0 atom stereocenters. The SMILES string of the molecule is COCCN(CC(=O)OC)C(=O)c1csc(-c2ccc(C(C)C)cc2)n1. The summed E-state index contributed by atoms with van der Waals surface area (Å²) in [6.45, 7) is 4.78. The predicted molar refractivity (Wildman–Crippen MR) is 101 cm³/mol. The summed E-state index contributed by atoms with van der Waals surface area (Å²) in [5.41, 5.74) is 2.54. The van der Waals surface area contributed by atoms with Crippen molar-refractivity contribution in [1.29, 1.82) is 0 Å². The zero-order valence-electron chi connectivity index (χ0n) is 15.5. The highest BCUT2D eigenvalue weighted by Gasteiger charge is 2.21. The third-order valence-electron chi connectivity index (χ3n) is 3.95. The summed E-state index contributed by atoms with van der Waals surface area (Å²) >= 11 is 1.41. The van der Waals surface area contributed by atoms with E-state index in [1.54, 1.807) is 12.5 Å². The molecule has 1 aromatic carbocycles. The number of esters is 1. The van der Waals surface area contributed by atoms with E-state index in [-0.39, 0.29) is 12.5 Å². The highest BCUT2D eigenvalue weighted by atomic mass is 32.1. The minimum Gasteiger partial charge on any atom is -0.468 e. The maximum absolute atomic E-state index is 12.7. The normalized spacial score (nSPS) is 10.8. The van der Waals surface area contributed by atoms with E-state index in [9.17, 15) is 9.59 Å². The molecule has 0 aliphatic rings. The summed E-state index contributed by atoms with van der Waals surface area (Å²) in [7, 11) is 2.84. The van der Waals surface area contributed by atoms with Crippen LogP contribution >= 0.6 is 11.3 Å². The molecule has 0 saturated carbocycles. The Hall–Kier alpha value is -2.25. The highest BCUT2D eigenvalue weighted by Crippen LogP contribution is 2.26. The summed E-state index contributed by atoms with van der Waals surface area (Å²) in [5, 5.41) is 2.49. The van der Waals surface area contributed by atoms with E-state index >= 15 is 0 Å². The number of thiazole rings is 1. The van der Waals surface area contributed by atoms with Crippen molar-refractivity contribution < 1.29 is 19.1 Å². The lowest BCUT2D eigenvalue weighted by Gasteiger charge is -2.19. The zero-order chi connectivity index (χ0) is 19.1. The number of carbonyl (C=O) groups excluding carboxylic acids is 2. The maximum atomic E-state index is 12.7. The predicted octanol–water partition coefficient (Wildman–Crippen LogP) is 3.20. The second-order valence-electron chi connectivity index (χ2n) is 6.11. The summed E-state index contributed by atoms with van der Waals surface area (Å²) < 4.78 is 9.67. The second-order valence-corrected chi connectivity index (χ2v) is 6.97. The minimum atomic E-state index is -0.478. The summed E-state index contributed by atoms with van der Waals surface area (Å²) in [5.74, 6) is -0.326. The number of hydrogen-bond acceptors (Lipinski definition) is 6. The lowest BCUT2D eigenvalue weighted by Crippen LogP contribution is -2.38. The van der Waals surface area contributed by atoms with Crippen LogP contribution in [-0.4, -0.2) is 55.7 Å². The highest BCUT2D eigenvalue weighted by molar-refractivity contribution is 7.13. The number of ether oxygens (including phenoxy) is 2. The van der Waals surface area contributed by atoms with E-state index in [0.29, 0.717) is 24.8 Å². The van der Waals surface area contributed by atoms with Gasteiger partial charge in [-0.1, -0.05) is 38.1 Å². The molecule has 26 heavy (non-hydrogen) atoms. The molecule has 2 aromatic rings. The van der Waals surface area contributed by atoms with Crippen molar-refractivity contribution in [1.82, 2.24) is 9.88 Å². The van der Waals surface area contributed by atoms with Crippen LogP contribution < -0.4 is 0 Å². The fourth-order valence-electron chi connectivity index (χ4n) is 2.35. The molecule has 0 bridgehead atoms. The molecule has 7 heteroatoms. The monoisotopic (exact) mass is 376 g/mol. The van der Waals surface area contributed by atoms with Crippen LogP contribution in [-0.2, 0) is 14.3 Å². The molecule has 0 aliphatic carbocycles. The Bertz CT molecular complexity index is 740. The van der Waals surface area contributed by atoms with Gasteiger partial charge in [0.1, 0.15) is 17.2 Å². The second kappa shape index (κ2) is 9.45. The van der Waals surface area contributed by atoms with Crippen molar-refractivity contribution in [2.75, 3.05) is 33.9 Å². The molecule has 1 aromatic heterocycles. The van der Waals surface area contributed by atoms with Gasteiger partial charge in [0, 0.05) is 24.6 Å². The lowest BCUT2D eigenvalue weighted by atomic mass is 10.0. The van der Waals surface area contributed by atoms with E-state index in [0.717, 1.165) is 10.6 Å². The van der Waals surface area contributed by atoms with Gasteiger partial charge in [0.05, 0.1) is 13.7 Å². The molecule has 0 radical (unpaired) electrons. The molecule has 6 nitrogen and oxygen atoms in total. The lowest BCUT2D eigenvalue weighted by molar-refractivity contribution is -0.141. The van der Waals surface area contributed by atoms with Gasteiger partial charge in [-0.25, -0.2) is 4.98 Å². The van der Waals surface area contributed by atoms with Gasteiger partial charge in [0.15, 0.2) is 0 Å². The number of nitrogens with zero attached hydrogens (tertiary/aromatic N) is 2. The van der Waals surface area contributed by atoms with E-state index < -0.39 is 5.97 Å². The zero-order valence-corrected chi connectivity index (χ0v) is 16.3. The topological polar surface area (TPSA) is 68.7 Å².